The molecule has 7 nitrogen and oxygen atoms in total. The highest BCUT2D eigenvalue weighted by atomic mass is 16.5. The molecule has 2 saturated heterocycles. The molecule has 1 aromatic carbocycles. The quantitative estimate of drug-likeness (QED) is 0.755. The van der Waals surface area contributed by atoms with Crippen molar-refractivity contribution in [3.8, 4) is 0 Å². The van der Waals surface area contributed by atoms with Gasteiger partial charge in [0.05, 0.1) is 12.5 Å². The van der Waals surface area contributed by atoms with Crippen molar-refractivity contribution >= 4 is 23.5 Å². The van der Waals surface area contributed by atoms with E-state index in [9.17, 15) is 14.4 Å². The minimum absolute atomic E-state index is 0.0430. The lowest BCUT2D eigenvalue weighted by molar-refractivity contribution is -0.149. The Morgan fingerprint density at radius 1 is 1.04 bits per heavy atom. The third-order valence-electron chi connectivity index (χ3n) is 5.51. The van der Waals surface area contributed by atoms with Crippen LogP contribution in [0, 0.1) is 11.8 Å². The van der Waals surface area contributed by atoms with Crippen molar-refractivity contribution in [3.63, 3.8) is 0 Å². The molecule has 0 saturated carbocycles. The monoisotopic (exact) mass is 387 g/mol. The van der Waals surface area contributed by atoms with Crippen molar-refractivity contribution in [2.24, 2.45) is 11.8 Å². The molecule has 152 valence electrons. The van der Waals surface area contributed by atoms with Crippen molar-refractivity contribution < 1.29 is 19.1 Å². The Hall–Kier alpha value is -2.41. The second-order valence-corrected chi connectivity index (χ2v) is 7.41. The van der Waals surface area contributed by atoms with Gasteiger partial charge in [-0.25, -0.2) is 0 Å². The zero-order valence-corrected chi connectivity index (χ0v) is 16.4. The summed E-state index contributed by atoms with van der Waals surface area (Å²) >= 11 is 0. The fraction of sp³-hybridized carbons (Fsp3) is 0.571. The van der Waals surface area contributed by atoms with Gasteiger partial charge in [0.15, 0.2) is 0 Å². The SMILES string of the molecule is CCOC(=O)C1CCN(C(=O)c2ccc(NC(=O)C3CCNCC3)cc2)CC1. The topological polar surface area (TPSA) is 87.7 Å². The molecule has 0 atom stereocenters. The number of nitrogens with zero attached hydrogens (tertiary/aromatic N) is 1. The first kappa shape index (κ1) is 20.3. The molecule has 0 unspecified atom stereocenters. The maximum atomic E-state index is 12.7. The molecule has 0 bridgehead atoms. The van der Waals surface area contributed by atoms with Gasteiger partial charge in [0.1, 0.15) is 0 Å². The van der Waals surface area contributed by atoms with Gasteiger partial charge in [0, 0.05) is 30.3 Å². The number of likely N-dealkylation sites (tertiary alicyclic amines) is 1. The van der Waals surface area contributed by atoms with Gasteiger partial charge in [0.2, 0.25) is 5.91 Å². The Morgan fingerprint density at radius 2 is 1.68 bits per heavy atom. The number of esters is 1. The van der Waals surface area contributed by atoms with Gasteiger partial charge in [-0.15, -0.1) is 0 Å². The number of nitrogens with one attached hydrogen (secondary N) is 2. The Balaban J connectivity index is 1.51. The maximum Gasteiger partial charge on any atom is 0.309 e. The van der Waals surface area contributed by atoms with Crippen molar-refractivity contribution in [2.45, 2.75) is 32.6 Å². The predicted molar refractivity (Wildman–Crippen MR) is 106 cm³/mol. The summed E-state index contributed by atoms with van der Waals surface area (Å²) in [7, 11) is 0. The molecule has 2 N–H and O–H groups in total. The van der Waals surface area contributed by atoms with Crippen molar-refractivity contribution in [3.05, 3.63) is 29.8 Å². The number of carbonyl (C=O) groups excluding carboxylic acids is 3. The molecule has 3 rings (SSSR count). The molecule has 2 fully saturated rings. The highest BCUT2D eigenvalue weighted by Gasteiger charge is 2.28. The minimum atomic E-state index is -0.163. The number of benzene rings is 1. The molecule has 1 aromatic rings. The van der Waals surface area contributed by atoms with Crippen LogP contribution in [-0.4, -0.2) is 55.5 Å². The Morgan fingerprint density at radius 3 is 2.29 bits per heavy atom. The van der Waals surface area contributed by atoms with Crippen LogP contribution in [0.2, 0.25) is 0 Å². The van der Waals surface area contributed by atoms with Crippen LogP contribution in [0.1, 0.15) is 43.0 Å². The van der Waals surface area contributed by atoms with Gasteiger partial charge >= 0.3 is 5.97 Å². The fourth-order valence-electron chi connectivity index (χ4n) is 3.79. The van der Waals surface area contributed by atoms with Crippen LogP contribution in [0.3, 0.4) is 0 Å². The third-order valence-corrected chi connectivity index (χ3v) is 5.51. The van der Waals surface area contributed by atoms with Gasteiger partial charge in [-0.05, 0) is 70.0 Å². The van der Waals surface area contributed by atoms with E-state index in [2.05, 4.69) is 10.6 Å². The molecule has 7 heteroatoms. The summed E-state index contributed by atoms with van der Waals surface area (Å²) in [5.74, 6) is -0.233. The van der Waals surface area contributed by atoms with E-state index in [1.165, 1.54) is 0 Å². The molecule has 0 aromatic heterocycles. The van der Waals surface area contributed by atoms with Crippen LogP contribution in [0.5, 0.6) is 0 Å². The second kappa shape index (κ2) is 9.68. The molecular weight excluding hydrogens is 358 g/mol. The summed E-state index contributed by atoms with van der Waals surface area (Å²) in [6, 6.07) is 7.05. The number of amides is 2. The van der Waals surface area contributed by atoms with Crippen molar-refractivity contribution in [1.82, 2.24) is 10.2 Å². The lowest BCUT2D eigenvalue weighted by Crippen LogP contribution is -2.40. The summed E-state index contributed by atoms with van der Waals surface area (Å²) < 4.78 is 5.07. The largest absolute Gasteiger partial charge is 0.466 e. The van der Waals surface area contributed by atoms with E-state index in [0.29, 0.717) is 43.8 Å². The number of rotatable bonds is 5. The molecule has 0 aliphatic carbocycles. The number of carbonyl (C=O) groups is 3. The van der Waals surface area contributed by atoms with E-state index >= 15 is 0 Å². The van der Waals surface area contributed by atoms with Crippen molar-refractivity contribution in [2.75, 3.05) is 38.1 Å². The molecule has 0 radical (unpaired) electrons. The molecule has 2 heterocycles. The van der Waals surface area contributed by atoms with Crippen LogP contribution in [0.4, 0.5) is 5.69 Å². The van der Waals surface area contributed by atoms with Gasteiger partial charge in [-0.2, -0.15) is 0 Å². The molecule has 2 aliphatic rings. The average molecular weight is 387 g/mol. The second-order valence-electron chi connectivity index (χ2n) is 7.41. The fourth-order valence-corrected chi connectivity index (χ4v) is 3.79. The van der Waals surface area contributed by atoms with Crippen LogP contribution in [-0.2, 0) is 14.3 Å². The van der Waals surface area contributed by atoms with E-state index in [1.807, 2.05) is 0 Å². The number of hydrogen-bond acceptors (Lipinski definition) is 5. The summed E-state index contributed by atoms with van der Waals surface area (Å²) in [5, 5.41) is 6.20. The van der Waals surface area contributed by atoms with E-state index in [1.54, 1.807) is 36.1 Å². The highest BCUT2D eigenvalue weighted by molar-refractivity contribution is 5.96. The van der Waals surface area contributed by atoms with Crippen molar-refractivity contribution in [1.29, 1.82) is 0 Å². The van der Waals surface area contributed by atoms with E-state index < -0.39 is 0 Å². The normalized spacial score (nSPS) is 18.5. The third kappa shape index (κ3) is 5.10. The standard InChI is InChI=1S/C21H29N3O4/c1-2-28-21(27)17-9-13-24(14-10-17)20(26)16-3-5-18(6-4-16)23-19(25)15-7-11-22-12-8-15/h3-6,15,17,22H,2,7-14H2,1H3,(H,23,25). The Bertz CT molecular complexity index is 690. The molecule has 28 heavy (non-hydrogen) atoms. The lowest BCUT2D eigenvalue weighted by Gasteiger charge is -2.31. The highest BCUT2D eigenvalue weighted by Crippen LogP contribution is 2.21. The van der Waals surface area contributed by atoms with Gasteiger partial charge in [-0.1, -0.05) is 0 Å². The van der Waals surface area contributed by atoms with Gasteiger partial charge in [0.25, 0.3) is 5.91 Å². The molecular formula is C21H29N3O4. The Kier molecular flexibility index (Phi) is 7.03. The molecule has 2 amide bonds. The summed E-state index contributed by atoms with van der Waals surface area (Å²) in [6.45, 7) is 5.04. The van der Waals surface area contributed by atoms with Crippen LogP contribution < -0.4 is 10.6 Å². The van der Waals surface area contributed by atoms with Gasteiger partial charge in [-0.3, -0.25) is 14.4 Å². The van der Waals surface area contributed by atoms with Crippen LogP contribution >= 0.6 is 0 Å². The number of hydrogen-bond donors (Lipinski definition) is 2. The van der Waals surface area contributed by atoms with Crippen LogP contribution in [0.25, 0.3) is 0 Å². The molecule has 2 aliphatic heterocycles. The molecule has 0 spiro atoms. The smallest absolute Gasteiger partial charge is 0.309 e. The summed E-state index contributed by atoms with van der Waals surface area (Å²) in [5.41, 5.74) is 1.30. The van der Waals surface area contributed by atoms with E-state index in [4.69, 9.17) is 4.74 Å². The summed E-state index contributed by atoms with van der Waals surface area (Å²) in [6.07, 6.45) is 2.97. The number of anilines is 1. The Labute approximate surface area is 165 Å². The first-order valence-corrected chi connectivity index (χ1v) is 10.2. The maximum absolute atomic E-state index is 12.7. The van der Waals surface area contributed by atoms with E-state index in [-0.39, 0.29) is 29.6 Å². The average Bonchev–Trinajstić information content (AvgIpc) is 2.74. The van der Waals surface area contributed by atoms with E-state index in [0.717, 1.165) is 25.9 Å². The predicted octanol–water partition coefficient (Wildman–Crippen LogP) is 2.04. The first-order chi connectivity index (χ1) is 13.6. The lowest BCUT2D eigenvalue weighted by atomic mass is 9.96. The van der Waals surface area contributed by atoms with Gasteiger partial charge < -0.3 is 20.3 Å². The zero-order valence-electron chi connectivity index (χ0n) is 16.4. The first-order valence-electron chi connectivity index (χ1n) is 10.2. The zero-order chi connectivity index (χ0) is 19.9. The summed E-state index contributed by atoms with van der Waals surface area (Å²) in [4.78, 5) is 38.6. The number of ether oxygens (including phenoxy) is 1. The number of piperidine rings is 2. The van der Waals surface area contributed by atoms with Crippen LogP contribution in [0.15, 0.2) is 24.3 Å². The minimum Gasteiger partial charge on any atom is -0.466 e.